The molecule has 1 fully saturated rings. The molecule has 9 heteroatoms. The Labute approximate surface area is 167 Å². The number of nitrogens with one attached hydrogen (secondary N) is 2. The van der Waals surface area contributed by atoms with Gasteiger partial charge in [-0.1, -0.05) is 12.1 Å². The van der Waals surface area contributed by atoms with Gasteiger partial charge in [0.15, 0.2) is 5.65 Å². The van der Waals surface area contributed by atoms with Crippen LogP contribution in [0.15, 0.2) is 48.9 Å². The number of hydrogen-bond acceptors (Lipinski definition) is 4. The molecule has 0 atom stereocenters. The van der Waals surface area contributed by atoms with Crippen molar-refractivity contribution in [1.82, 2.24) is 24.8 Å². The lowest BCUT2D eigenvalue weighted by atomic mass is 9.89. The molecule has 0 bridgehead atoms. The molecule has 3 heterocycles. The van der Waals surface area contributed by atoms with Gasteiger partial charge < -0.3 is 20.6 Å². The zero-order chi connectivity index (χ0) is 20.2. The highest BCUT2D eigenvalue weighted by molar-refractivity contribution is 5.89. The van der Waals surface area contributed by atoms with Gasteiger partial charge in [0, 0.05) is 31.5 Å². The van der Waals surface area contributed by atoms with Gasteiger partial charge in [-0.15, -0.1) is 0 Å². The molecule has 1 aromatic carbocycles. The van der Waals surface area contributed by atoms with Crippen LogP contribution in [0.25, 0.3) is 5.65 Å². The van der Waals surface area contributed by atoms with Crippen molar-refractivity contribution in [2.75, 3.05) is 18.4 Å². The van der Waals surface area contributed by atoms with Crippen molar-refractivity contribution in [3.05, 3.63) is 60.0 Å². The summed E-state index contributed by atoms with van der Waals surface area (Å²) < 4.78 is 1.66. The lowest BCUT2D eigenvalue weighted by Crippen LogP contribution is -2.36. The number of carboxylic acid groups (broad SMARTS) is 1. The van der Waals surface area contributed by atoms with E-state index in [1.807, 2.05) is 36.4 Å². The van der Waals surface area contributed by atoms with Gasteiger partial charge in [-0.25, -0.2) is 19.1 Å². The molecule has 3 aromatic rings. The van der Waals surface area contributed by atoms with E-state index < -0.39 is 6.09 Å². The SMILES string of the molecule is O=C(NCc1ccn2ncnc2c1)Nc1ccc(C2CCN(C(=O)O)CC2)cc1. The molecule has 0 saturated carbocycles. The Bertz CT molecular complexity index is 1010. The highest BCUT2D eigenvalue weighted by Crippen LogP contribution is 2.28. The molecular formula is C20H22N6O3. The first-order chi connectivity index (χ1) is 14.1. The zero-order valence-electron chi connectivity index (χ0n) is 15.8. The summed E-state index contributed by atoms with van der Waals surface area (Å²) >= 11 is 0. The van der Waals surface area contributed by atoms with Crippen molar-refractivity contribution in [1.29, 1.82) is 0 Å². The van der Waals surface area contributed by atoms with Gasteiger partial charge in [0.05, 0.1) is 0 Å². The number of carbonyl (C=O) groups is 2. The van der Waals surface area contributed by atoms with Crippen molar-refractivity contribution in [3.8, 4) is 0 Å². The third kappa shape index (κ3) is 4.45. The summed E-state index contributed by atoms with van der Waals surface area (Å²) in [6, 6.07) is 11.2. The minimum Gasteiger partial charge on any atom is -0.465 e. The van der Waals surface area contributed by atoms with E-state index in [0.29, 0.717) is 31.2 Å². The van der Waals surface area contributed by atoms with Crippen LogP contribution in [0.1, 0.15) is 29.9 Å². The summed E-state index contributed by atoms with van der Waals surface area (Å²) in [5, 5.41) is 18.7. The smallest absolute Gasteiger partial charge is 0.407 e. The first-order valence-corrected chi connectivity index (χ1v) is 9.49. The number of amides is 3. The number of likely N-dealkylation sites (tertiary alicyclic amines) is 1. The summed E-state index contributed by atoms with van der Waals surface area (Å²) in [6.07, 6.45) is 4.07. The first kappa shape index (κ1) is 18.7. The quantitative estimate of drug-likeness (QED) is 0.630. The van der Waals surface area contributed by atoms with E-state index in [4.69, 9.17) is 5.11 Å². The van der Waals surface area contributed by atoms with Crippen LogP contribution in [0, 0.1) is 0 Å². The third-order valence-corrected chi connectivity index (χ3v) is 5.20. The molecule has 0 radical (unpaired) electrons. The number of fused-ring (bicyclic) bond motifs is 1. The largest absolute Gasteiger partial charge is 0.465 e. The van der Waals surface area contributed by atoms with Crippen molar-refractivity contribution in [2.45, 2.75) is 25.3 Å². The molecule has 1 saturated heterocycles. The third-order valence-electron chi connectivity index (χ3n) is 5.20. The van der Waals surface area contributed by atoms with Crippen molar-refractivity contribution >= 4 is 23.5 Å². The highest BCUT2D eigenvalue weighted by Gasteiger charge is 2.23. The second-order valence-electron chi connectivity index (χ2n) is 7.07. The summed E-state index contributed by atoms with van der Waals surface area (Å²) in [5.41, 5.74) is 3.54. The molecule has 4 rings (SSSR count). The molecule has 0 unspecified atom stereocenters. The average molecular weight is 394 g/mol. The van der Waals surface area contributed by atoms with Gasteiger partial charge in [-0.05, 0) is 54.2 Å². The number of piperidine rings is 1. The van der Waals surface area contributed by atoms with Crippen LogP contribution in [0.3, 0.4) is 0 Å². The van der Waals surface area contributed by atoms with Gasteiger partial charge in [-0.2, -0.15) is 5.10 Å². The van der Waals surface area contributed by atoms with E-state index in [0.717, 1.165) is 24.1 Å². The summed E-state index contributed by atoms with van der Waals surface area (Å²) in [5.74, 6) is 0.348. The van der Waals surface area contributed by atoms with Crippen LogP contribution in [-0.4, -0.2) is 49.8 Å². The minimum atomic E-state index is -0.851. The van der Waals surface area contributed by atoms with Crippen LogP contribution >= 0.6 is 0 Å². The van der Waals surface area contributed by atoms with Crippen LogP contribution < -0.4 is 10.6 Å². The topological polar surface area (TPSA) is 112 Å². The Hall–Kier alpha value is -3.62. The Balaban J connectivity index is 1.28. The fourth-order valence-electron chi connectivity index (χ4n) is 3.57. The fraction of sp³-hybridized carbons (Fsp3) is 0.300. The van der Waals surface area contributed by atoms with E-state index in [9.17, 15) is 9.59 Å². The molecule has 9 nitrogen and oxygen atoms in total. The maximum absolute atomic E-state index is 12.2. The van der Waals surface area contributed by atoms with Crippen LogP contribution in [0.4, 0.5) is 15.3 Å². The van der Waals surface area contributed by atoms with E-state index in [2.05, 4.69) is 20.7 Å². The molecule has 1 aliphatic heterocycles. The van der Waals surface area contributed by atoms with Crippen molar-refractivity contribution in [3.63, 3.8) is 0 Å². The number of anilines is 1. The zero-order valence-corrected chi connectivity index (χ0v) is 15.8. The van der Waals surface area contributed by atoms with Gasteiger partial charge >= 0.3 is 12.1 Å². The lowest BCUT2D eigenvalue weighted by molar-refractivity contribution is 0.132. The monoisotopic (exact) mass is 394 g/mol. The number of benzene rings is 1. The van der Waals surface area contributed by atoms with Gasteiger partial charge in [0.1, 0.15) is 6.33 Å². The number of aromatic nitrogens is 3. The average Bonchev–Trinajstić information content (AvgIpc) is 3.21. The molecule has 0 spiro atoms. The minimum absolute atomic E-state index is 0.283. The molecule has 3 amide bonds. The van der Waals surface area contributed by atoms with Gasteiger partial charge in [0.25, 0.3) is 0 Å². The molecule has 1 aliphatic rings. The highest BCUT2D eigenvalue weighted by atomic mass is 16.4. The predicted octanol–water partition coefficient (Wildman–Crippen LogP) is 2.91. The maximum Gasteiger partial charge on any atom is 0.407 e. The second kappa shape index (κ2) is 8.17. The summed E-state index contributed by atoms with van der Waals surface area (Å²) in [6.45, 7) is 1.50. The summed E-state index contributed by atoms with van der Waals surface area (Å²) in [7, 11) is 0. The molecule has 0 aliphatic carbocycles. The number of pyridine rings is 1. The van der Waals surface area contributed by atoms with Crippen LogP contribution in [0.5, 0.6) is 0 Å². The first-order valence-electron chi connectivity index (χ1n) is 9.49. The maximum atomic E-state index is 12.2. The van der Waals surface area contributed by atoms with Crippen molar-refractivity contribution in [2.24, 2.45) is 0 Å². The molecule has 3 N–H and O–H groups in total. The molecule has 150 valence electrons. The number of nitrogens with zero attached hydrogens (tertiary/aromatic N) is 4. The van der Waals surface area contributed by atoms with E-state index >= 15 is 0 Å². The predicted molar refractivity (Wildman–Crippen MR) is 107 cm³/mol. The summed E-state index contributed by atoms with van der Waals surface area (Å²) in [4.78, 5) is 28.8. The number of urea groups is 1. The Kier molecular flexibility index (Phi) is 5.28. The van der Waals surface area contributed by atoms with E-state index in [-0.39, 0.29) is 6.03 Å². The van der Waals surface area contributed by atoms with Gasteiger partial charge in [0.2, 0.25) is 0 Å². The normalized spacial score (nSPS) is 14.7. The Morgan fingerprint density at radius 1 is 1.14 bits per heavy atom. The number of carbonyl (C=O) groups excluding carboxylic acids is 1. The van der Waals surface area contributed by atoms with Gasteiger partial charge in [-0.3, -0.25) is 0 Å². The van der Waals surface area contributed by atoms with Crippen molar-refractivity contribution < 1.29 is 14.7 Å². The Morgan fingerprint density at radius 3 is 2.62 bits per heavy atom. The fourth-order valence-corrected chi connectivity index (χ4v) is 3.57. The molecular weight excluding hydrogens is 372 g/mol. The van der Waals surface area contributed by atoms with E-state index in [1.165, 1.54) is 16.8 Å². The Morgan fingerprint density at radius 2 is 1.90 bits per heavy atom. The molecule has 29 heavy (non-hydrogen) atoms. The van der Waals surface area contributed by atoms with E-state index in [1.54, 1.807) is 10.7 Å². The second-order valence-corrected chi connectivity index (χ2v) is 7.07. The standard InChI is InChI=1S/C20H22N6O3/c27-19(21-12-14-5-10-26-18(11-14)22-13-23-26)24-17-3-1-15(2-4-17)16-6-8-25(9-7-16)20(28)29/h1-5,10-11,13,16H,6-9,12H2,(H,28,29)(H2,21,24,27). The lowest BCUT2D eigenvalue weighted by Gasteiger charge is -2.30. The van der Waals surface area contributed by atoms with Crippen LogP contribution in [-0.2, 0) is 6.54 Å². The van der Waals surface area contributed by atoms with Crippen LogP contribution in [0.2, 0.25) is 0 Å². The molecule has 2 aromatic heterocycles. The number of hydrogen-bond donors (Lipinski definition) is 3. The number of rotatable bonds is 4.